The first kappa shape index (κ1) is 27.3. The van der Waals surface area contributed by atoms with Gasteiger partial charge < -0.3 is 25.4 Å². The Balaban J connectivity index is 2.00. The molecule has 1 aliphatic rings. The zero-order valence-corrected chi connectivity index (χ0v) is 21.2. The molecule has 1 aliphatic heterocycles. The van der Waals surface area contributed by atoms with Crippen LogP contribution in [0.2, 0.25) is 0 Å². The molecule has 4 amide bonds. The number of rotatable bonds is 10. The first-order valence-electron chi connectivity index (χ1n) is 12.2. The quantitative estimate of drug-likeness (QED) is 0.419. The predicted octanol–water partition coefficient (Wildman–Crippen LogP) is 3.82. The standard InChI is InChI=1S/C27H32N4O6/c1-4-15-31-24(18-11-8-7-9-12-18)22(25(33)37-6-3)23(30-27(31)35)19-13-10-14-20(16-19)29-26(34)28-17-21(32)36-5-2/h7-14,16,23H,4-6,15,17H2,1-3H3,(H,30,35)(H2,28,29,34). The lowest BCUT2D eigenvalue weighted by atomic mass is 9.91. The van der Waals surface area contributed by atoms with Crippen molar-refractivity contribution in [3.8, 4) is 0 Å². The highest BCUT2D eigenvalue weighted by molar-refractivity contribution is 6.04. The summed E-state index contributed by atoms with van der Waals surface area (Å²) in [5.74, 6) is -1.09. The molecule has 3 rings (SSSR count). The molecule has 0 aromatic heterocycles. The number of carbonyl (C=O) groups is 4. The van der Waals surface area contributed by atoms with Crippen molar-refractivity contribution < 1.29 is 28.7 Å². The van der Waals surface area contributed by atoms with Crippen LogP contribution in [0.25, 0.3) is 5.70 Å². The number of carbonyl (C=O) groups excluding carboxylic acids is 4. The average molecular weight is 509 g/mol. The summed E-state index contributed by atoms with van der Waals surface area (Å²) in [5.41, 5.74) is 2.48. The van der Waals surface area contributed by atoms with Crippen molar-refractivity contribution in [2.75, 3.05) is 31.6 Å². The highest BCUT2D eigenvalue weighted by Gasteiger charge is 2.38. The first-order valence-corrected chi connectivity index (χ1v) is 12.2. The lowest BCUT2D eigenvalue weighted by molar-refractivity contribution is -0.142. The second-order valence-corrected chi connectivity index (χ2v) is 8.12. The Kier molecular flexibility index (Phi) is 9.65. The van der Waals surface area contributed by atoms with Crippen LogP contribution in [0.4, 0.5) is 15.3 Å². The second-order valence-electron chi connectivity index (χ2n) is 8.12. The van der Waals surface area contributed by atoms with Crippen molar-refractivity contribution in [2.45, 2.75) is 33.2 Å². The predicted molar refractivity (Wildman–Crippen MR) is 138 cm³/mol. The van der Waals surface area contributed by atoms with Crippen LogP contribution in [0.1, 0.15) is 44.4 Å². The SMILES string of the molecule is CCCN1C(=O)NC(c2cccc(NC(=O)NCC(=O)OCC)c2)C(C(=O)OCC)=C1c1ccccc1. The summed E-state index contributed by atoms with van der Waals surface area (Å²) in [6.07, 6.45) is 0.685. The van der Waals surface area contributed by atoms with Crippen LogP contribution < -0.4 is 16.0 Å². The Labute approximate surface area is 216 Å². The van der Waals surface area contributed by atoms with E-state index in [9.17, 15) is 19.2 Å². The van der Waals surface area contributed by atoms with Gasteiger partial charge in [0.1, 0.15) is 6.54 Å². The lowest BCUT2D eigenvalue weighted by Crippen LogP contribution is -2.48. The molecule has 37 heavy (non-hydrogen) atoms. The van der Waals surface area contributed by atoms with Gasteiger partial charge in [-0.05, 0) is 43.5 Å². The van der Waals surface area contributed by atoms with Crippen LogP contribution in [-0.4, -0.2) is 55.2 Å². The van der Waals surface area contributed by atoms with Gasteiger partial charge in [0.15, 0.2) is 0 Å². The fourth-order valence-corrected chi connectivity index (χ4v) is 4.01. The Morgan fingerprint density at radius 1 is 0.973 bits per heavy atom. The Morgan fingerprint density at radius 3 is 2.38 bits per heavy atom. The first-order chi connectivity index (χ1) is 17.9. The molecule has 0 radical (unpaired) electrons. The van der Waals surface area contributed by atoms with Crippen molar-refractivity contribution in [1.82, 2.24) is 15.5 Å². The minimum Gasteiger partial charge on any atom is -0.465 e. The number of urea groups is 2. The van der Waals surface area contributed by atoms with Crippen LogP contribution in [-0.2, 0) is 19.1 Å². The van der Waals surface area contributed by atoms with E-state index in [1.165, 1.54) is 0 Å². The number of nitrogens with one attached hydrogen (secondary N) is 3. The van der Waals surface area contributed by atoms with Crippen molar-refractivity contribution >= 4 is 35.4 Å². The minimum absolute atomic E-state index is 0.168. The van der Waals surface area contributed by atoms with Gasteiger partial charge in [0.2, 0.25) is 0 Å². The van der Waals surface area contributed by atoms with E-state index >= 15 is 0 Å². The lowest BCUT2D eigenvalue weighted by Gasteiger charge is -2.37. The maximum Gasteiger partial charge on any atom is 0.338 e. The maximum absolute atomic E-state index is 13.3. The van der Waals surface area contributed by atoms with Crippen LogP contribution in [0, 0.1) is 0 Å². The molecule has 0 spiro atoms. The fraction of sp³-hybridized carbons (Fsp3) is 0.333. The largest absolute Gasteiger partial charge is 0.465 e. The topological polar surface area (TPSA) is 126 Å². The van der Waals surface area contributed by atoms with E-state index in [1.807, 2.05) is 37.3 Å². The highest BCUT2D eigenvalue weighted by Crippen LogP contribution is 2.37. The third-order valence-electron chi connectivity index (χ3n) is 5.49. The third-order valence-corrected chi connectivity index (χ3v) is 5.49. The van der Waals surface area contributed by atoms with E-state index in [0.717, 1.165) is 0 Å². The Bertz CT molecular complexity index is 1160. The zero-order valence-electron chi connectivity index (χ0n) is 21.2. The number of anilines is 1. The van der Waals surface area contributed by atoms with Crippen LogP contribution in [0.3, 0.4) is 0 Å². The molecule has 10 heteroatoms. The second kappa shape index (κ2) is 13.1. The molecule has 1 unspecified atom stereocenters. The fourth-order valence-electron chi connectivity index (χ4n) is 4.01. The highest BCUT2D eigenvalue weighted by atomic mass is 16.5. The summed E-state index contributed by atoms with van der Waals surface area (Å²) in [6, 6.07) is 14.3. The van der Waals surface area contributed by atoms with Crippen molar-refractivity contribution in [2.24, 2.45) is 0 Å². The number of esters is 2. The molecule has 1 heterocycles. The van der Waals surface area contributed by atoms with Crippen molar-refractivity contribution in [3.63, 3.8) is 0 Å². The number of benzene rings is 2. The smallest absolute Gasteiger partial charge is 0.338 e. The van der Waals surface area contributed by atoms with E-state index < -0.39 is 24.0 Å². The van der Waals surface area contributed by atoms with Crippen LogP contribution in [0.15, 0.2) is 60.2 Å². The number of hydrogen-bond acceptors (Lipinski definition) is 6. The van der Waals surface area contributed by atoms with Gasteiger partial charge in [-0.15, -0.1) is 0 Å². The average Bonchev–Trinajstić information content (AvgIpc) is 2.89. The van der Waals surface area contributed by atoms with Gasteiger partial charge in [-0.2, -0.15) is 0 Å². The van der Waals surface area contributed by atoms with Crippen LogP contribution in [0.5, 0.6) is 0 Å². The number of amides is 4. The molecule has 3 N–H and O–H groups in total. The van der Waals surface area contributed by atoms with E-state index in [1.54, 1.807) is 43.0 Å². The molecule has 1 atom stereocenters. The summed E-state index contributed by atoms with van der Waals surface area (Å²) in [7, 11) is 0. The van der Waals surface area contributed by atoms with Gasteiger partial charge >= 0.3 is 24.0 Å². The Hall–Kier alpha value is -4.34. The minimum atomic E-state index is -0.820. The van der Waals surface area contributed by atoms with Gasteiger partial charge in [0.25, 0.3) is 0 Å². The molecule has 0 saturated heterocycles. The molecule has 0 saturated carbocycles. The molecule has 0 bridgehead atoms. The summed E-state index contributed by atoms with van der Waals surface area (Å²) in [6.45, 7) is 5.87. The van der Waals surface area contributed by atoms with Crippen LogP contribution >= 0.6 is 0 Å². The van der Waals surface area contributed by atoms with Gasteiger partial charge in [-0.3, -0.25) is 9.69 Å². The molecule has 2 aromatic rings. The van der Waals surface area contributed by atoms with E-state index in [-0.39, 0.29) is 25.8 Å². The summed E-state index contributed by atoms with van der Waals surface area (Å²) in [4.78, 5) is 51.9. The van der Waals surface area contributed by atoms with Crippen molar-refractivity contribution in [1.29, 1.82) is 0 Å². The van der Waals surface area contributed by atoms with E-state index in [0.29, 0.717) is 41.1 Å². The summed E-state index contributed by atoms with van der Waals surface area (Å²) in [5, 5.41) is 8.02. The van der Waals surface area contributed by atoms with Crippen molar-refractivity contribution in [3.05, 3.63) is 71.3 Å². The normalized spacial score (nSPS) is 15.1. The van der Waals surface area contributed by atoms with Gasteiger partial charge in [-0.25, -0.2) is 14.4 Å². The monoisotopic (exact) mass is 508 g/mol. The number of ether oxygens (including phenoxy) is 2. The Morgan fingerprint density at radius 2 is 1.70 bits per heavy atom. The molecular formula is C27H32N4O6. The molecule has 10 nitrogen and oxygen atoms in total. The third kappa shape index (κ3) is 6.87. The molecule has 196 valence electrons. The number of hydrogen-bond donors (Lipinski definition) is 3. The molecule has 2 aromatic carbocycles. The van der Waals surface area contributed by atoms with E-state index in [4.69, 9.17) is 9.47 Å². The molecular weight excluding hydrogens is 476 g/mol. The zero-order chi connectivity index (χ0) is 26.8. The molecule has 0 aliphatic carbocycles. The summed E-state index contributed by atoms with van der Waals surface area (Å²) >= 11 is 0. The number of nitrogens with zero attached hydrogens (tertiary/aromatic N) is 1. The summed E-state index contributed by atoms with van der Waals surface area (Å²) < 4.78 is 10.2. The van der Waals surface area contributed by atoms with E-state index in [2.05, 4.69) is 16.0 Å². The molecule has 0 fully saturated rings. The van der Waals surface area contributed by atoms with Gasteiger partial charge in [-0.1, -0.05) is 49.4 Å². The van der Waals surface area contributed by atoms with Gasteiger partial charge in [0, 0.05) is 12.2 Å². The van der Waals surface area contributed by atoms with Gasteiger partial charge in [0.05, 0.1) is 30.5 Å². The maximum atomic E-state index is 13.3.